The minimum atomic E-state index is -0.269. The summed E-state index contributed by atoms with van der Waals surface area (Å²) in [6.07, 6.45) is 0.546. The molecule has 0 spiro atoms. The molecule has 2 amide bonds. The first kappa shape index (κ1) is 14.4. The maximum Gasteiger partial charge on any atom is 0.315 e. The van der Waals surface area contributed by atoms with Crippen LogP contribution in [0.4, 0.5) is 4.79 Å². The lowest BCUT2D eigenvalue weighted by Crippen LogP contribution is -2.35. The van der Waals surface area contributed by atoms with Crippen molar-refractivity contribution < 1.29 is 9.90 Å². The number of rotatable bonds is 6. The molecule has 0 atom stereocenters. The molecule has 3 N–H and O–H groups in total. The van der Waals surface area contributed by atoms with Crippen molar-refractivity contribution in [3.63, 3.8) is 0 Å². The van der Waals surface area contributed by atoms with Gasteiger partial charge in [-0.1, -0.05) is 41.7 Å². The molecule has 0 aliphatic carbocycles. The van der Waals surface area contributed by atoms with Gasteiger partial charge in [-0.25, -0.2) is 4.79 Å². The Hall–Kier alpha value is -1.99. The average molecular weight is 292 g/mol. The number of nitrogens with one attached hydrogen (secondary N) is 2. The number of carbonyl (C=O) groups excluding carboxylic acids is 1. The number of urea groups is 1. The standard InChI is InChI=1S/C13H16N4O2S/c18-8-4-7-14-13(19)15-9-11-16-17-12(20-11)10-5-2-1-3-6-10/h1-3,5-6,18H,4,7-9H2,(H2,14,15,19). The summed E-state index contributed by atoms with van der Waals surface area (Å²) in [7, 11) is 0. The predicted octanol–water partition coefficient (Wildman–Crippen LogP) is 1.39. The van der Waals surface area contributed by atoms with Crippen LogP contribution in [0.5, 0.6) is 0 Å². The van der Waals surface area contributed by atoms with Gasteiger partial charge in [-0.3, -0.25) is 0 Å². The third kappa shape index (κ3) is 4.29. The van der Waals surface area contributed by atoms with E-state index in [1.807, 2.05) is 30.3 Å². The van der Waals surface area contributed by atoms with Crippen molar-refractivity contribution in [3.8, 4) is 10.6 Å². The Labute approximate surface area is 120 Å². The second-order valence-electron chi connectivity index (χ2n) is 4.05. The zero-order chi connectivity index (χ0) is 14.2. The molecular weight excluding hydrogens is 276 g/mol. The van der Waals surface area contributed by atoms with Crippen LogP contribution in [0.15, 0.2) is 30.3 Å². The van der Waals surface area contributed by atoms with Crippen molar-refractivity contribution in [3.05, 3.63) is 35.3 Å². The van der Waals surface area contributed by atoms with Gasteiger partial charge in [-0.2, -0.15) is 0 Å². The number of nitrogens with zero attached hydrogens (tertiary/aromatic N) is 2. The van der Waals surface area contributed by atoms with E-state index in [2.05, 4.69) is 20.8 Å². The molecule has 1 heterocycles. The fourth-order valence-electron chi connectivity index (χ4n) is 1.52. The van der Waals surface area contributed by atoms with Crippen molar-refractivity contribution in [1.29, 1.82) is 0 Å². The van der Waals surface area contributed by atoms with Gasteiger partial charge in [-0.15, -0.1) is 10.2 Å². The molecule has 1 aromatic carbocycles. The molecule has 0 aliphatic heterocycles. The summed E-state index contributed by atoms with van der Waals surface area (Å²) in [5, 5.41) is 23.7. The van der Waals surface area contributed by atoms with E-state index >= 15 is 0 Å². The molecule has 2 aromatic rings. The molecule has 6 nitrogen and oxygen atoms in total. The lowest BCUT2D eigenvalue weighted by Gasteiger charge is -2.04. The number of aliphatic hydroxyl groups is 1. The van der Waals surface area contributed by atoms with E-state index in [1.54, 1.807) is 0 Å². The van der Waals surface area contributed by atoms with Crippen molar-refractivity contribution in [2.45, 2.75) is 13.0 Å². The SMILES string of the molecule is O=C(NCCCO)NCc1nnc(-c2ccccc2)s1. The van der Waals surface area contributed by atoms with Crippen molar-refractivity contribution in [2.24, 2.45) is 0 Å². The lowest BCUT2D eigenvalue weighted by atomic mass is 10.2. The Morgan fingerprint density at radius 3 is 2.75 bits per heavy atom. The van der Waals surface area contributed by atoms with Gasteiger partial charge < -0.3 is 15.7 Å². The van der Waals surface area contributed by atoms with Crippen LogP contribution in [-0.2, 0) is 6.54 Å². The van der Waals surface area contributed by atoms with Crippen LogP contribution >= 0.6 is 11.3 Å². The van der Waals surface area contributed by atoms with E-state index in [4.69, 9.17) is 5.11 Å². The zero-order valence-corrected chi connectivity index (χ0v) is 11.7. The summed E-state index contributed by atoms with van der Waals surface area (Å²) in [5.74, 6) is 0. The number of carbonyl (C=O) groups is 1. The second kappa shape index (κ2) is 7.56. The molecule has 0 bridgehead atoms. The fourth-order valence-corrected chi connectivity index (χ4v) is 2.31. The molecule has 20 heavy (non-hydrogen) atoms. The first-order chi connectivity index (χ1) is 9.79. The van der Waals surface area contributed by atoms with Gasteiger partial charge >= 0.3 is 6.03 Å². The molecule has 0 fully saturated rings. The molecule has 1 aromatic heterocycles. The van der Waals surface area contributed by atoms with Gasteiger partial charge in [0.1, 0.15) is 10.0 Å². The van der Waals surface area contributed by atoms with Gasteiger partial charge in [0.2, 0.25) is 0 Å². The number of aromatic nitrogens is 2. The van der Waals surface area contributed by atoms with Crippen molar-refractivity contribution >= 4 is 17.4 Å². The zero-order valence-electron chi connectivity index (χ0n) is 10.9. The maximum absolute atomic E-state index is 11.4. The van der Waals surface area contributed by atoms with E-state index in [1.165, 1.54) is 11.3 Å². The van der Waals surface area contributed by atoms with Crippen molar-refractivity contribution in [2.75, 3.05) is 13.2 Å². The van der Waals surface area contributed by atoms with Crippen molar-refractivity contribution in [1.82, 2.24) is 20.8 Å². The highest BCUT2D eigenvalue weighted by molar-refractivity contribution is 7.14. The lowest BCUT2D eigenvalue weighted by molar-refractivity contribution is 0.237. The van der Waals surface area contributed by atoms with Gasteiger partial charge in [0.15, 0.2) is 0 Å². The smallest absolute Gasteiger partial charge is 0.315 e. The van der Waals surface area contributed by atoms with Crippen LogP contribution in [0.2, 0.25) is 0 Å². The second-order valence-corrected chi connectivity index (χ2v) is 5.12. The number of benzene rings is 1. The molecular formula is C13H16N4O2S. The number of hydrogen-bond acceptors (Lipinski definition) is 5. The van der Waals surface area contributed by atoms with Crippen LogP contribution in [-0.4, -0.2) is 34.5 Å². The van der Waals surface area contributed by atoms with Gasteiger partial charge in [0, 0.05) is 18.7 Å². The Bertz CT molecular complexity index is 544. The highest BCUT2D eigenvalue weighted by atomic mass is 32.1. The largest absolute Gasteiger partial charge is 0.396 e. The summed E-state index contributed by atoms with van der Waals surface area (Å²) in [4.78, 5) is 11.4. The molecule has 106 valence electrons. The first-order valence-electron chi connectivity index (χ1n) is 6.30. The Morgan fingerprint density at radius 1 is 1.20 bits per heavy atom. The third-order valence-corrected chi connectivity index (χ3v) is 3.48. The van der Waals surface area contributed by atoms with E-state index in [-0.39, 0.29) is 12.6 Å². The molecule has 2 rings (SSSR count). The van der Waals surface area contributed by atoms with E-state index in [0.29, 0.717) is 19.5 Å². The highest BCUT2D eigenvalue weighted by Crippen LogP contribution is 2.22. The highest BCUT2D eigenvalue weighted by Gasteiger charge is 2.07. The van der Waals surface area contributed by atoms with Crippen LogP contribution < -0.4 is 10.6 Å². The monoisotopic (exact) mass is 292 g/mol. The van der Waals surface area contributed by atoms with Crippen LogP contribution in [0.1, 0.15) is 11.4 Å². The minimum absolute atomic E-state index is 0.0666. The average Bonchev–Trinajstić information content (AvgIpc) is 2.95. The Kier molecular flexibility index (Phi) is 5.45. The van der Waals surface area contributed by atoms with E-state index in [9.17, 15) is 4.79 Å². The summed E-state index contributed by atoms with van der Waals surface area (Å²) in [6.45, 7) is 0.861. The summed E-state index contributed by atoms with van der Waals surface area (Å²) < 4.78 is 0. The van der Waals surface area contributed by atoms with Gasteiger partial charge in [-0.05, 0) is 6.42 Å². The van der Waals surface area contributed by atoms with Crippen LogP contribution in [0, 0.1) is 0 Å². The molecule has 0 radical (unpaired) electrons. The minimum Gasteiger partial charge on any atom is -0.396 e. The molecule has 0 unspecified atom stereocenters. The quantitative estimate of drug-likeness (QED) is 0.702. The molecule has 0 saturated carbocycles. The molecule has 0 saturated heterocycles. The van der Waals surface area contributed by atoms with Crippen LogP contribution in [0.3, 0.4) is 0 Å². The Morgan fingerprint density at radius 2 is 2.00 bits per heavy atom. The summed E-state index contributed by atoms with van der Waals surface area (Å²) >= 11 is 1.45. The number of amides is 2. The molecule has 7 heteroatoms. The normalized spacial score (nSPS) is 10.2. The predicted molar refractivity (Wildman–Crippen MR) is 77.3 cm³/mol. The topological polar surface area (TPSA) is 87.1 Å². The van der Waals surface area contributed by atoms with E-state index < -0.39 is 0 Å². The first-order valence-corrected chi connectivity index (χ1v) is 7.11. The van der Waals surface area contributed by atoms with Crippen LogP contribution in [0.25, 0.3) is 10.6 Å². The maximum atomic E-state index is 11.4. The molecule has 0 aliphatic rings. The third-order valence-electron chi connectivity index (χ3n) is 2.51. The number of hydrogen-bond donors (Lipinski definition) is 3. The van der Waals surface area contributed by atoms with E-state index in [0.717, 1.165) is 15.6 Å². The Balaban J connectivity index is 1.83. The van der Waals surface area contributed by atoms with Gasteiger partial charge in [0.05, 0.1) is 6.54 Å². The van der Waals surface area contributed by atoms with Gasteiger partial charge in [0.25, 0.3) is 0 Å². The summed E-state index contributed by atoms with van der Waals surface area (Å²) in [5.41, 5.74) is 1.02. The fraction of sp³-hybridized carbons (Fsp3) is 0.308. The summed E-state index contributed by atoms with van der Waals surface area (Å²) in [6, 6.07) is 9.52. The number of aliphatic hydroxyl groups excluding tert-OH is 1.